The first-order chi connectivity index (χ1) is 14.2. The molecular formula is C19H27N7O3. The number of aromatic nitrogens is 4. The second-order valence-corrected chi connectivity index (χ2v) is 7.36. The van der Waals surface area contributed by atoms with E-state index in [2.05, 4.69) is 25.7 Å². The van der Waals surface area contributed by atoms with Crippen LogP contribution in [0.2, 0.25) is 0 Å². The van der Waals surface area contributed by atoms with Crippen LogP contribution >= 0.6 is 0 Å². The molecule has 1 unspecified atom stereocenters. The highest BCUT2D eigenvalue weighted by molar-refractivity contribution is 5.90. The molecule has 29 heavy (non-hydrogen) atoms. The fraction of sp³-hybridized carbons (Fsp3) is 0.579. The van der Waals surface area contributed by atoms with Gasteiger partial charge in [0.05, 0.1) is 20.3 Å². The van der Waals surface area contributed by atoms with Gasteiger partial charge in [0.2, 0.25) is 0 Å². The molecule has 2 saturated heterocycles. The number of nitrogens with one attached hydrogen (secondary N) is 1. The van der Waals surface area contributed by atoms with Crippen LogP contribution in [0.25, 0.3) is 5.69 Å². The van der Waals surface area contributed by atoms with Crippen molar-refractivity contribution in [2.75, 3.05) is 51.8 Å². The molecule has 4 rings (SSSR count). The first-order valence-corrected chi connectivity index (χ1v) is 9.97. The average molecular weight is 401 g/mol. The number of hydrogen-bond donors (Lipinski definition) is 1. The number of anilines is 1. The van der Waals surface area contributed by atoms with Gasteiger partial charge >= 0.3 is 6.03 Å². The lowest BCUT2D eigenvalue weighted by Gasteiger charge is -2.33. The minimum absolute atomic E-state index is 0.0784. The summed E-state index contributed by atoms with van der Waals surface area (Å²) >= 11 is 0. The maximum atomic E-state index is 13.0. The number of urea groups is 1. The lowest BCUT2D eigenvalue weighted by atomic mass is 10.2. The maximum Gasteiger partial charge on any atom is 0.322 e. The van der Waals surface area contributed by atoms with Gasteiger partial charge in [0.15, 0.2) is 5.82 Å². The van der Waals surface area contributed by atoms with E-state index in [9.17, 15) is 4.79 Å². The number of carbonyl (C=O) groups excluding carboxylic acids is 1. The minimum Gasteiger partial charge on any atom is -0.494 e. The molecule has 0 bridgehead atoms. The monoisotopic (exact) mass is 401 g/mol. The van der Waals surface area contributed by atoms with Crippen molar-refractivity contribution in [3.8, 4) is 11.4 Å². The molecule has 3 heterocycles. The van der Waals surface area contributed by atoms with Gasteiger partial charge < -0.3 is 19.7 Å². The quantitative estimate of drug-likeness (QED) is 0.807. The molecule has 2 fully saturated rings. The van der Waals surface area contributed by atoms with Crippen LogP contribution < -0.4 is 10.1 Å². The van der Waals surface area contributed by atoms with Crippen molar-refractivity contribution in [2.24, 2.45) is 0 Å². The predicted molar refractivity (Wildman–Crippen MR) is 106 cm³/mol. The first kappa shape index (κ1) is 19.6. The van der Waals surface area contributed by atoms with Crippen LogP contribution in [0.3, 0.4) is 0 Å². The van der Waals surface area contributed by atoms with Crippen LogP contribution in [0, 0.1) is 6.92 Å². The Bertz CT molecular complexity index is 850. The number of nitrogens with zero attached hydrogens (tertiary/aromatic N) is 6. The molecule has 156 valence electrons. The van der Waals surface area contributed by atoms with Crippen molar-refractivity contribution in [2.45, 2.75) is 25.8 Å². The van der Waals surface area contributed by atoms with Crippen LogP contribution in [-0.4, -0.2) is 88.6 Å². The molecule has 1 aromatic carbocycles. The third-order valence-corrected chi connectivity index (χ3v) is 5.49. The molecule has 0 radical (unpaired) electrons. The number of likely N-dealkylation sites (tertiary alicyclic amines) is 1. The molecule has 0 spiro atoms. The molecule has 1 N–H and O–H groups in total. The first-order valence-electron chi connectivity index (χ1n) is 9.97. The molecule has 2 aromatic rings. The number of benzene rings is 1. The van der Waals surface area contributed by atoms with Crippen molar-refractivity contribution in [1.29, 1.82) is 0 Å². The second-order valence-electron chi connectivity index (χ2n) is 7.36. The number of rotatable bonds is 5. The van der Waals surface area contributed by atoms with E-state index in [0.29, 0.717) is 22.9 Å². The van der Waals surface area contributed by atoms with Gasteiger partial charge in [0, 0.05) is 37.9 Å². The number of tetrazole rings is 1. The fourth-order valence-electron chi connectivity index (χ4n) is 3.96. The highest BCUT2D eigenvalue weighted by Gasteiger charge is 2.30. The zero-order valence-corrected chi connectivity index (χ0v) is 16.9. The summed E-state index contributed by atoms with van der Waals surface area (Å²) in [5.74, 6) is 1.27. The van der Waals surface area contributed by atoms with E-state index in [0.717, 1.165) is 52.2 Å². The number of ether oxygens (including phenoxy) is 2. The Morgan fingerprint density at radius 3 is 2.86 bits per heavy atom. The van der Waals surface area contributed by atoms with Gasteiger partial charge in [0.25, 0.3) is 0 Å². The number of carbonyl (C=O) groups is 1. The van der Waals surface area contributed by atoms with Crippen molar-refractivity contribution in [3.63, 3.8) is 0 Å². The Labute approximate surface area is 169 Å². The highest BCUT2D eigenvalue weighted by Crippen LogP contribution is 2.27. The largest absolute Gasteiger partial charge is 0.494 e. The number of methoxy groups -OCH3 is 1. The second kappa shape index (κ2) is 8.75. The molecule has 1 atom stereocenters. The third-order valence-electron chi connectivity index (χ3n) is 5.49. The van der Waals surface area contributed by atoms with Crippen molar-refractivity contribution in [1.82, 2.24) is 30.0 Å². The normalized spacial score (nSPS) is 20.1. The standard InChI is InChI=1S/C19H27N7O3/c1-14-21-22-23-26(14)17-12-15(5-6-18(17)28-2)20-19(27)25-7-3-4-16(25)13-24-8-10-29-11-9-24/h5-6,12,16H,3-4,7-11,13H2,1-2H3,(H,20,27). The summed E-state index contributed by atoms with van der Waals surface area (Å²) in [6, 6.07) is 5.61. The molecule has 10 heteroatoms. The van der Waals surface area contributed by atoms with Crippen LogP contribution in [0.4, 0.5) is 10.5 Å². The van der Waals surface area contributed by atoms with Gasteiger partial charge in [-0.15, -0.1) is 5.10 Å². The van der Waals surface area contributed by atoms with Gasteiger partial charge in [-0.3, -0.25) is 4.90 Å². The molecule has 1 aromatic heterocycles. The van der Waals surface area contributed by atoms with Gasteiger partial charge in [-0.25, -0.2) is 4.79 Å². The van der Waals surface area contributed by atoms with Crippen molar-refractivity contribution in [3.05, 3.63) is 24.0 Å². The van der Waals surface area contributed by atoms with Crippen LogP contribution in [0.5, 0.6) is 5.75 Å². The zero-order chi connectivity index (χ0) is 20.2. The Morgan fingerprint density at radius 2 is 2.14 bits per heavy atom. The van der Waals surface area contributed by atoms with Gasteiger partial charge in [-0.05, 0) is 48.4 Å². The van der Waals surface area contributed by atoms with Gasteiger partial charge in [0.1, 0.15) is 11.4 Å². The molecule has 10 nitrogen and oxygen atoms in total. The number of aryl methyl sites for hydroxylation is 1. The Kier molecular flexibility index (Phi) is 5.91. The zero-order valence-electron chi connectivity index (χ0n) is 16.9. The molecule has 2 amide bonds. The number of morpholine rings is 1. The molecular weight excluding hydrogens is 374 g/mol. The fourth-order valence-corrected chi connectivity index (χ4v) is 3.96. The summed E-state index contributed by atoms with van der Waals surface area (Å²) in [5, 5.41) is 14.7. The Balaban J connectivity index is 1.47. The maximum absolute atomic E-state index is 13.0. The van der Waals surface area contributed by atoms with Gasteiger partial charge in [-0.2, -0.15) is 4.68 Å². The van der Waals surface area contributed by atoms with Crippen molar-refractivity contribution < 1.29 is 14.3 Å². The van der Waals surface area contributed by atoms with E-state index in [1.165, 1.54) is 0 Å². The van der Waals surface area contributed by atoms with E-state index >= 15 is 0 Å². The highest BCUT2D eigenvalue weighted by atomic mass is 16.5. The SMILES string of the molecule is COc1ccc(NC(=O)N2CCCC2CN2CCOCC2)cc1-n1nnnc1C. The smallest absolute Gasteiger partial charge is 0.322 e. The Morgan fingerprint density at radius 1 is 1.31 bits per heavy atom. The summed E-state index contributed by atoms with van der Waals surface area (Å²) < 4.78 is 12.4. The summed E-state index contributed by atoms with van der Waals surface area (Å²) in [4.78, 5) is 17.3. The summed E-state index contributed by atoms with van der Waals surface area (Å²) in [6.07, 6.45) is 2.06. The molecule has 2 aliphatic heterocycles. The minimum atomic E-state index is -0.0784. The van der Waals surface area contributed by atoms with E-state index in [1.54, 1.807) is 17.9 Å². The van der Waals surface area contributed by atoms with Crippen LogP contribution in [0.1, 0.15) is 18.7 Å². The van der Waals surface area contributed by atoms with Crippen molar-refractivity contribution >= 4 is 11.7 Å². The average Bonchev–Trinajstić information content (AvgIpc) is 3.37. The summed E-state index contributed by atoms with van der Waals surface area (Å²) in [5.41, 5.74) is 1.36. The summed E-state index contributed by atoms with van der Waals surface area (Å²) in [6.45, 7) is 6.88. The van der Waals surface area contributed by atoms with E-state index in [4.69, 9.17) is 9.47 Å². The van der Waals surface area contributed by atoms with Gasteiger partial charge in [-0.1, -0.05) is 0 Å². The molecule has 0 saturated carbocycles. The predicted octanol–water partition coefficient (Wildman–Crippen LogP) is 1.31. The number of hydrogen-bond acceptors (Lipinski definition) is 7. The third kappa shape index (κ3) is 4.33. The summed E-state index contributed by atoms with van der Waals surface area (Å²) in [7, 11) is 1.59. The molecule has 0 aliphatic carbocycles. The Hall–Kier alpha value is -2.72. The lowest BCUT2D eigenvalue weighted by Crippen LogP contribution is -2.47. The lowest BCUT2D eigenvalue weighted by molar-refractivity contribution is 0.0296. The van der Waals surface area contributed by atoms with Crippen LogP contribution in [0.15, 0.2) is 18.2 Å². The van der Waals surface area contributed by atoms with E-state index in [1.807, 2.05) is 24.0 Å². The topological polar surface area (TPSA) is 97.6 Å². The van der Waals surface area contributed by atoms with Crippen LogP contribution in [-0.2, 0) is 4.74 Å². The van der Waals surface area contributed by atoms with E-state index in [-0.39, 0.29) is 12.1 Å². The number of amides is 2. The van der Waals surface area contributed by atoms with E-state index < -0.39 is 0 Å². The molecule has 2 aliphatic rings.